The third-order valence-electron chi connectivity index (χ3n) is 14.7. The minimum atomic E-state index is -1.98. The Morgan fingerprint density at radius 2 is 0.875 bits per heavy atom. The summed E-state index contributed by atoms with van der Waals surface area (Å²) >= 11 is 0. The number of carbonyl (C=O) groups excluding carboxylic acids is 1. The SMILES string of the molecule is CC/C=C/CC/C=C/CC/C=C/C(O)C(COC1OC(CO)C(OC2OC(CO)C(OC3OC(CO)C(O)C(O)C3O)C(O)C2O)C(O)C1O)NC(=O)CCCCCCCCCCCC/C=C\C/C=C\C/C=C\CCCCCCC. The molecule has 80 heavy (non-hydrogen) atoms. The number of unbranched alkanes of at least 4 members (excludes halogenated alkanes) is 17. The summed E-state index contributed by atoms with van der Waals surface area (Å²) in [6, 6.07) is -1.000. The monoisotopic (exact) mass is 1140 g/mol. The summed E-state index contributed by atoms with van der Waals surface area (Å²) in [5, 5.41) is 120. The van der Waals surface area contributed by atoms with Crippen LogP contribution in [0, 0.1) is 0 Å². The van der Waals surface area contributed by atoms with Crippen LogP contribution in [0.25, 0.3) is 0 Å². The smallest absolute Gasteiger partial charge is 0.220 e. The van der Waals surface area contributed by atoms with Gasteiger partial charge in [0.2, 0.25) is 5.91 Å². The first-order valence-corrected chi connectivity index (χ1v) is 30.2. The molecule has 3 aliphatic heterocycles. The van der Waals surface area contributed by atoms with Crippen molar-refractivity contribution in [3.8, 4) is 0 Å². The number of hydrogen-bond acceptors (Lipinski definition) is 18. The molecule has 0 aromatic heterocycles. The van der Waals surface area contributed by atoms with Crippen LogP contribution in [0.4, 0.5) is 0 Å². The molecule has 0 radical (unpaired) electrons. The van der Waals surface area contributed by atoms with Gasteiger partial charge in [0, 0.05) is 6.42 Å². The molecule has 0 aliphatic carbocycles. The van der Waals surface area contributed by atoms with Gasteiger partial charge in [-0.1, -0.05) is 164 Å². The molecule has 0 aromatic carbocycles. The molecule has 0 bridgehead atoms. The van der Waals surface area contributed by atoms with Gasteiger partial charge in [-0.15, -0.1) is 0 Å². The van der Waals surface area contributed by atoms with Gasteiger partial charge in [-0.25, -0.2) is 0 Å². The highest BCUT2D eigenvalue weighted by atomic mass is 16.8. The molecule has 17 atom stereocenters. The largest absolute Gasteiger partial charge is 0.394 e. The van der Waals surface area contributed by atoms with Gasteiger partial charge in [0.1, 0.15) is 73.2 Å². The fraction of sp³-hybridized carbons (Fsp3) is 0.787. The Hall–Kier alpha value is -2.77. The predicted octanol–water partition coefficient (Wildman–Crippen LogP) is 5.43. The molecular formula is C61H105NO18. The number of ether oxygens (including phenoxy) is 6. The van der Waals surface area contributed by atoms with Gasteiger partial charge in [0.05, 0.1) is 38.6 Å². The normalized spacial score (nSPS) is 30.5. The standard InChI is InChI=1S/C61H105NO18/c1-3-5-7-9-11-13-15-16-17-18-19-20-21-22-23-24-25-26-27-28-29-31-33-35-37-39-49(67)62-44(45(66)38-36-34-32-30-14-12-10-8-6-4-2)43-75-59-55(73)52(70)57(47(41-64)77-59)80-61-56(74)53(71)58(48(42-65)78-61)79-60-54(72)51(69)50(68)46(40-63)76-60/h6,8,14-16,18-19,21-22,30,36,38,44-48,50-61,63-66,68-74H,3-5,7,9-13,17,20,23-29,31-35,37,39-43H2,1-2H3,(H,62,67)/b8-6+,16-15-,19-18-,22-21-,30-14+,38-36+. The molecule has 3 rings (SSSR count). The number of rotatable bonds is 43. The van der Waals surface area contributed by atoms with E-state index in [-0.39, 0.29) is 18.9 Å². The maximum atomic E-state index is 13.3. The zero-order chi connectivity index (χ0) is 58.3. The summed E-state index contributed by atoms with van der Waals surface area (Å²) in [6.45, 7) is 1.52. The molecule has 0 spiro atoms. The lowest BCUT2D eigenvalue weighted by molar-refractivity contribution is -0.379. The Balaban J connectivity index is 1.44. The number of aliphatic hydroxyl groups is 11. The minimum absolute atomic E-state index is 0.223. The average Bonchev–Trinajstić information content (AvgIpc) is 3.45. The van der Waals surface area contributed by atoms with Crippen molar-refractivity contribution in [2.45, 2.75) is 279 Å². The number of carbonyl (C=O) groups is 1. The van der Waals surface area contributed by atoms with Gasteiger partial charge < -0.3 is 89.9 Å². The highest BCUT2D eigenvalue weighted by Gasteiger charge is 2.53. The van der Waals surface area contributed by atoms with Crippen LogP contribution < -0.4 is 5.32 Å². The molecule has 0 saturated carbocycles. The van der Waals surface area contributed by atoms with Gasteiger partial charge in [-0.3, -0.25) is 4.79 Å². The molecule has 17 unspecified atom stereocenters. The highest BCUT2D eigenvalue weighted by Crippen LogP contribution is 2.33. The molecule has 19 heteroatoms. The lowest BCUT2D eigenvalue weighted by Gasteiger charge is -2.48. The van der Waals surface area contributed by atoms with Gasteiger partial charge in [-0.2, -0.15) is 0 Å². The lowest BCUT2D eigenvalue weighted by atomic mass is 9.96. The molecule has 12 N–H and O–H groups in total. The molecule has 3 aliphatic rings. The zero-order valence-corrected chi connectivity index (χ0v) is 48.0. The van der Waals surface area contributed by atoms with E-state index in [0.29, 0.717) is 12.8 Å². The van der Waals surface area contributed by atoms with Crippen molar-refractivity contribution in [2.24, 2.45) is 0 Å². The van der Waals surface area contributed by atoms with Crippen molar-refractivity contribution < 1.29 is 89.4 Å². The second-order valence-electron chi connectivity index (χ2n) is 21.4. The number of aliphatic hydroxyl groups excluding tert-OH is 11. The van der Waals surface area contributed by atoms with E-state index in [4.69, 9.17) is 28.4 Å². The van der Waals surface area contributed by atoms with E-state index in [1.165, 1.54) is 70.6 Å². The van der Waals surface area contributed by atoms with Crippen LogP contribution in [0.15, 0.2) is 72.9 Å². The van der Waals surface area contributed by atoms with Gasteiger partial charge in [0.25, 0.3) is 0 Å². The Morgan fingerprint density at radius 1 is 0.463 bits per heavy atom. The molecule has 462 valence electrons. The lowest BCUT2D eigenvalue weighted by Crippen LogP contribution is -2.66. The number of nitrogens with one attached hydrogen (secondary N) is 1. The molecule has 3 heterocycles. The van der Waals surface area contributed by atoms with E-state index in [1.54, 1.807) is 6.08 Å². The van der Waals surface area contributed by atoms with Crippen LogP contribution in [-0.2, 0) is 33.2 Å². The average molecular weight is 1140 g/mol. The first kappa shape index (κ1) is 71.5. The Morgan fingerprint density at radius 3 is 1.39 bits per heavy atom. The van der Waals surface area contributed by atoms with E-state index >= 15 is 0 Å². The van der Waals surface area contributed by atoms with Crippen molar-refractivity contribution >= 4 is 5.91 Å². The molecule has 1 amide bonds. The number of allylic oxidation sites excluding steroid dienone is 11. The van der Waals surface area contributed by atoms with Crippen LogP contribution in [0.1, 0.15) is 174 Å². The first-order chi connectivity index (χ1) is 38.8. The fourth-order valence-electron chi connectivity index (χ4n) is 9.76. The van der Waals surface area contributed by atoms with Crippen molar-refractivity contribution in [1.82, 2.24) is 5.32 Å². The van der Waals surface area contributed by atoms with Crippen molar-refractivity contribution in [1.29, 1.82) is 0 Å². The van der Waals surface area contributed by atoms with E-state index in [2.05, 4.69) is 79.9 Å². The predicted molar refractivity (Wildman–Crippen MR) is 305 cm³/mol. The van der Waals surface area contributed by atoms with Gasteiger partial charge in [0.15, 0.2) is 18.9 Å². The number of amides is 1. The summed E-state index contributed by atoms with van der Waals surface area (Å²) in [7, 11) is 0. The summed E-state index contributed by atoms with van der Waals surface area (Å²) in [5.41, 5.74) is 0. The topological polar surface area (TPSA) is 307 Å². The molecule has 19 nitrogen and oxygen atoms in total. The highest BCUT2D eigenvalue weighted by molar-refractivity contribution is 5.76. The van der Waals surface area contributed by atoms with Crippen LogP contribution in [-0.4, -0.2) is 193 Å². The molecule has 0 aromatic rings. The Bertz CT molecular complexity index is 1740. The fourth-order valence-corrected chi connectivity index (χ4v) is 9.76. The maximum Gasteiger partial charge on any atom is 0.220 e. The summed E-state index contributed by atoms with van der Waals surface area (Å²) in [5.74, 6) is -0.300. The minimum Gasteiger partial charge on any atom is -0.394 e. The van der Waals surface area contributed by atoms with Crippen LogP contribution in [0.5, 0.6) is 0 Å². The second kappa shape index (κ2) is 43.8. The maximum absolute atomic E-state index is 13.3. The van der Waals surface area contributed by atoms with Crippen LogP contribution in [0.2, 0.25) is 0 Å². The summed E-state index contributed by atoms with van der Waals surface area (Å²) in [4.78, 5) is 13.3. The van der Waals surface area contributed by atoms with Crippen molar-refractivity contribution in [2.75, 3.05) is 26.4 Å². The molecule has 3 saturated heterocycles. The number of hydrogen-bond donors (Lipinski definition) is 12. The molecular weight excluding hydrogens is 1030 g/mol. The summed E-state index contributed by atoms with van der Waals surface area (Å²) in [6.07, 6.45) is 24.8. The Kier molecular flexibility index (Phi) is 39.2. The Labute approximate surface area is 477 Å². The third kappa shape index (κ3) is 27.3. The van der Waals surface area contributed by atoms with E-state index < -0.39 is 124 Å². The first-order valence-electron chi connectivity index (χ1n) is 30.2. The quantitative estimate of drug-likeness (QED) is 0.0268. The van der Waals surface area contributed by atoms with E-state index in [1.807, 2.05) is 6.08 Å². The van der Waals surface area contributed by atoms with Crippen LogP contribution >= 0.6 is 0 Å². The van der Waals surface area contributed by atoms with Crippen LogP contribution in [0.3, 0.4) is 0 Å². The van der Waals surface area contributed by atoms with Crippen molar-refractivity contribution in [3.63, 3.8) is 0 Å². The summed E-state index contributed by atoms with van der Waals surface area (Å²) < 4.78 is 34.1. The second-order valence-corrected chi connectivity index (χ2v) is 21.4. The third-order valence-corrected chi connectivity index (χ3v) is 14.7. The zero-order valence-electron chi connectivity index (χ0n) is 48.0. The molecule has 3 fully saturated rings. The van der Waals surface area contributed by atoms with Crippen molar-refractivity contribution in [3.05, 3.63) is 72.9 Å². The van der Waals surface area contributed by atoms with E-state index in [0.717, 1.165) is 70.6 Å². The van der Waals surface area contributed by atoms with Gasteiger partial charge in [-0.05, 0) is 77.0 Å². The van der Waals surface area contributed by atoms with Gasteiger partial charge >= 0.3 is 0 Å². The van der Waals surface area contributed by atoms with E-state index in [9.17, 15) is 61.0 Å².